The lowest BCUT2D eigenvalue weighted by atomic mass is 10.4. The van der Waals surface area contributed by atoms with Crippen LogP contribution in [-0.2, 0) is 20.1 Å². The van der Waals surface area contributed by atoms with E-state index in [1.54, 1.807) is 21.6 Å². The second kappa shape index (κ2) is 5.48. The lowest BCUT2D eigenvalue weighted by Crippen LogP contribution is -2.24. The van der Waals surface area contributed by atoms with Gasteiger partial charge in [-0.2, -0.15) is 5.10 Å². The van der Waals surface area contributed by atoms with Crippen molar-refractivity contribution in [3.8, 4) is 0 Å². The van der Waals surface area contributed by atoms with Gasteiger partial charge in [0.15, 0.2) is 5.82 Å². The summed E-state index contributed by atoms with van der Waals surface area (Å²) in [7, 11) is 1.86. The monoisotopic (exact) mass is 247 g/mol. The smallest absolute Gasteiger partial charge is 0.293 e. The Balaban J connectivity index is 2.09. The fraction of sp³-hybridized carbons (Fsp3) is 0.417. The molecule has 2 rings (SSSR count). The maximum atomic E-state index is 12.0. The van der Waals surface area contributed by atoms with Crippen molar-refractivity contribution in [3.05, 3.63) is 40.7 Å². The molecule has 0 saturated carbocycles. The highest BCUT2D eigenvalue weighted by Crippen LogP contribution is 1.99. The van der Waals surface area contributed by atoms with E-state index in [1.165, 1.54) is 0 Å². The molecule has 0 saturated heterocycles. The molecule has 2 heterocycles. The molecule has 0 bridgehead atoms. The van der Waals surface area contributed by atoms with Crippen LogP contribution in [0.2, 0.25) is 0 Å². The molecular formula is C12H17N5O. The molecule has 96 valence electrons. The Morgan fingerprint density at radius 1 is 1.39 bits per heavy atom. The van der Waals surface area contributed by atoms with E-state index in [0.29, 0.717) is 18.9 Å². The SMILES string of the molecule is CCCn1ccnc(NCc2ccn(C)n2)c1=O. The zero-order chi connectivity index (χ0) is 13.0. The number of anilines is 1. The van der Waals surface area contributed by atoms with Gasteiger partial charge in [0.2, 0.25) is 0 Å². The van der Waals surface area contributed by atoms with Crippen LogP contribution in [-0.4, -0.2) is 19.3 Å². The second-order valence-corrected chi connectivity index (χ2v) is 4.11. The van der Waals surface area contributed by atoms with Crippen LogP contribution in [0.3, 0.4) is 0 Å². The summed E-state index contributed by atoms with van der Waals surface area (Å²) in [5.74, 6) is 0.372. The standard InChI is InChI=1S/C12H17N5O/c1-3-6-17-8-5-13-11(12(17)18)14-9-10-4-7-16(2)15-10/h4-5,7-8H,3,6,9H2,1-2H3,(H,13,14). The molecule has 0 atom stereocenters. The number of hydrogen-bond donors (Lipinski definition) is 1. The van der Waals surface area contributed by atoms with Gasteiger partial charge in [0.25, 0.3) is 5.56 Å². The van der Waals surface area contributed by atoms with Gasteiger partial charge in [-0.25, -0.2) is 4.98 Å². The molecular weight excluding hydrogens is 230 g/mol. The van der Waals surface area contributed by atoms with Crippen molar-refractivity contribution < 1.29 is 0 Å². The number of nitrogens with zero attached hydrogens (tertiary/aromatic N) is 4. The van der Waals surface area contributed by atoms with E-state index in [0.717, 1.165) is 12.1 Å². The van der Waals surface area contributed by atoms with Crippen molar-refractivity contribution in [2.24, 2.45) is 7.05 Å². The Morgan fingerprint density at radius 2 is 2.22 bits per heavy atom. The number of rotatable bonds is 5. The molecule has 0 radical (unpaired) electrons. The summed E-state index contributed by atoms with van der Waals surface area (Å²) < 4.78 is 3.39. The van der Waals surface area contributed by atoms with Gasteiger partial charge in [0, 0.05) is 32.2 Å². The lowest BCUT2D eigenvalue weighted by Gasteiger charge is -2.06. The Hall–Kier alpha value is -2.11. The minimum Gasteiger partial charge on any atom is -0.360 e. The highest BCUT2D eigenvalue weighted by atomic mass is 16.1. The van der Waals surface area contributed by atoms with Crippen molar-refractivity contribution in [3.63, 3.8) is 0 Å². The number of nitrogens with one attached hydrogen (secondary N) is 1. The topological polar surface area (TPSA) is 64.7 Å². The molecule has 2 aromatic heterocycles. The van der Waals surface area contributed by atoms with Crippen LogP contribution in [0.4, 0.5) is 5.82 Å². The Bertz CT molecular complexity index is 572. The van der Waals surface area contributed by atoms with Crippen LogP contribution in [0.1, 0.15) is 19.0 Å². The minimum absolute atomic E-state index is 0.0877. The third kappa shape index (κ3) is 2.77. The maximum Gasteiger partial charge on any atom is 0.293 e. The molecule has 0 aliphatic rings. The van der Waals surface area contributed by atoms with Crippen molar-refractivity contribution >= 4 is 5.82 Å². The first-order chi connectivity index (χ1) is 8.70. The second-order valence-electron chi connectivity index (χ2n) is 4.11. The van der Waals surface area contributed by atoms with Gasteiger partial charge in [0.1, 0.15) is 0 Å². The fourth-order valence-corrected chi connectivity index (χ4v) is 1.72. The van der Waals surface area contributed by atoms with Crippen molar-refractivity contribution in [1.82, 2.24) is 19.3 Å². The van der Waals surface area contributed by atoms with Gasteiger partial charge in [-0.1, -0.05) is 6.92 Å². The number of aromatic nitrogens is 4. The molecule has 1 N–H and O–H groups in total. The maximum absolute atomic E-state index is 12.0. The van der Waals surface area contributed by atoms with Gasteiger partial charge < -0.3 is 9.88 Å². The average molecular weight is 247 g/mol. The Labute approximate surface area is 105 Å². The van der Waals surface area contributed by atoms with E-state index in [4.69, 9.17) is 0 Å². The van der Waals surface area contributed by atoms with Gasteiger partial charge in [-0.15, -0.1) is 0 Å². The van der Waals surface area contributed by atoms with E-state index < -0.39 is 0 Å². The summed E-state index contributed by atoms with van der Waals surface area (Å²) >= 11 is 0. The number of hydrogen-bond acceptors (Lipinski definition) is 4. The Kier molecular flexibility index (Phi) is 3.76. The molecule has 0 unspecified atom stereocenters. The van der Waals surface area contributed by atoms with Crippen LogP contribution in [0.25, 0.3) is 0 Å². The van der Waals surface area contributed by atoms with Gasteiger partial charge >= 0.3 is 0 Å². The van der Waals surface area contributed by atoms with Crippen molar-refractivity contribution in [2.45, 2.75) is 26.4 Å². The highest BCUT2D eigenvalue weighted by Gasteiger charge is 2.04. The zero-order valence-electron chi connectivity index (χ0n) is 10.6. The molecule has 0 amide bonds. The van der Waals surface area contributed by atoms with Crippen LogP contribution < -0.4 is 10.9 Å². The van der Waals surface area contributed by atoms with Crippen LogP contribution in [0.5, 0.6) is 0 Å². The van der Waals surface area contributed by atoms with Gasteiger partial charge in [-0.05, 0) is 12.5 Å². The minimum atomic E-state index is -0.0877. The molecule has 2 aromatic rings. The number of aryl methyl sites for hydroxylation is 2. The molecule has 6 nitrogen and oxygen atoms in total. The first-order valence-corrected chi connectivity index (χ1v) is 5.98. The largest absolute Gasteiger partial charge is 0.360 e. The lowest BCUT2D eigenvalue weighted by molar-refractivity contribution is 0.649. The molecule has 18 heavy (non-hydrogen) atoms. The predicted molar refractivity (Wildman–Crippen MR) is 69.3 cm³/mol. The van der Waals surface area contributed by atoms with Crippen molar-refractivity contribution in [2.75, 3.05) is 5.32 Å². The summed E-state index contributed by atoms with van der Waals surface area (Å²) in [6.07, 6.45) is 6.13. The van der Waals surface area contributed by atoms with Crippen LogP contribution in [0.15, 0.2) is 29.5 Å². The molecule has 6 heteroatoms. The molecule has 0 aliphatic heterocycles. The molecule has 0 aromatic carbocycles. The van der Waals surface area contributed by atoms with E-state index in [1.807, 2.05) is 26.2 Å². The van der Waals surface area contributed by atoms with Gasteiger partial charge in [-0.3, -0.25) is 9.48 Å². The normalized spacial score (nSPS) is 10.6. The first kappa shape index (κ1) is 12.3. The Morgan fingerprint density at radius 3 is 2.89 bits per heavy atom. The van der Waals surface area contributed by atoms with Gasteiger partial charge in [0.05, 0.1) is 12.2 Å². The summed E-state index contributed by atoms with van der Waals surface area (Å²) in [4.78, 5) is 16.1. The summed E-state index contributed by atoms with van der Waals surface area (Å²) in [5, 5.41) is 7.25. The van der Waals surface area contributed by atoms with Crippen LogP contribution in [0, 0.1) is 0 Å². The first-order valence-electron chi connectivity index (χ1n) is 5.98. The van der Waals surface area contributed by atoms with Crippen LogP contribution >= 0.6 is 0 Å². The van der Waals surface area contributed by atoms with Crippen molar-refractivity contribution in [1.29, 1.82) is 0 Å². The van der Waals surface area contributed by atoms with E-state index >= 15 is 0 Å². The average Bonchev–Trinajstić information content (AvgIpc) is 2.77. The van der Waals surface area contributed by atoms with E-state index in [-0.39, 0.29) is 5.56 Å². The van der Waals surface area contributed by atoms with E-state index in [2.05, 4.69) is 15.4 Å². The fourth-order valence-electron chi connectivity index (χ4n) is 1.72. The third-order valence-corrected chi connectivity index (χ3v) is 2.58. The molecule has 0 spiro atoms. The molecule has 0 aliphatic carbocycles. The summed E-state index contributed by atoms with van der Waals surface area (Å²) in [5.41, 5.74) is 0.792. The zero-order valence-corrected chi connectivity index (χ0v) is 10.6. The summed E-state index contributed by atoms with van der Waals surface area (Å²) in [6, 6.07) is 1.90. The molecule has 0 fully saturated rings. The highest BCUT2D eigenvalue weighted by molar-refractivity contribution is 5.31. The van der Waals surface area contributed by atoms with E-state index in [9.17, 15) is 4.79 Å². The predicted octanol–water partition coefficient (Wildman–Crippen LogP) is 0.999. The summed E-state index contributed by atoms with van der Waals surface area (Å²) in [6.45, 7) is 3.24. The third-order valence-electron chi connectivity index (χ3n) is 2.58. The quantitative estimate of drug-likeness (QED) is 0.856.